The van der Waals surface area contributed by atoms with Crippen molar-refractivity contribution in [2.75, 3.05) is 18.6 Å². The van der Waals surface area contributed by atoms with E-state index in [0.29, 0.717) is 19.1 Å². The van der Waals surface area contributed by atoms with Crippen LogP contribution in [0.2, 0.25) is 35.7 Å². The van der Waals surface area contributed by atoms with Gasteiger partial charge in [-0.25, -0.2) is 9.48 Å². The summed E-state index contributed by atoms with van der Waals surface area (Å²) in [6, 6.07) is 11.1. The Labute approximate surface area is 243 Å². The predicted molar refractivity (Wildman–Crippen MR) is 157 cm³/mol. The fourth-order valence-corrected chi connectivity index (χ4v) is 4.74. The smallest absolute Gasteiger partial charge is 0.414 e. The van der Waals surface area contributed by atoms with E-state index in [9.17, 15) is 14.9 Å². The number of carbonyl (C=O) groups is 2. The van der Waals surface area contributed by atoms with Crippen LogP contribution in [0.15, 0.2) is 35.4 Å². The van der Waals surface area contributed by atoms with Gasteiger partial charge < -0.3 is 14.2 Å². The number of nitrogens with zero attached hydrogens (tertiary/aromatic N) is 4. The van der Waals surface area contributed by atoms with Crippen LogP contribution in [0.5, 0.6) is 11.5 Å². The largest absolute Gasteiger partial charge is 0.454 e. The third-order valence-corrected chi connectivity index (χ3v) is 7.71. The number of rotatable bonds is 11. The molecule has 1 aromatic heterocycles. The third-order valence-electron chi connectivity index (χ3n) is 5.44. The molecule has 14 heteroatoms. The molecule has 3 rings (SSSR count). The van der Waals surface area contributed by atoms with Crippen LogP contribution in [-0.2, 0) is 21.0 Å². The summed E-state index contributed by atoms with van der Waals surface area (Å²) in [6.07, 6.45) is -0.991. The van der Waals surface area contributed by atoms with Crippen molar-refractivity contribution in [2.45, 2.75) is 46.3 Å². The van der Waals surface area contributed by atoms with Crippen molar-refractivity contribution in [3.63, 3.8) is 0 Å². The summed E-state index contributed by atoms with van der Waals surface area (Å²) < 4.78 is 18.3. The van der Waals surface area contributed by atoms with Gasteiger partial charge in [-0.15, -0.1) is 0 Å². The normalized spacial score (nSPS) is 11.7. The van der Waals surface area contributed by atoms with Gasteiger partial charge in [-0.3, -0.25) is 15.5 Å². The molecule has 0 fully saturated rings. The van der Waals surface area contributed by atoms with Crippen LogP contribution in [0, 0.1) is 18.3 Å². The predicted octanol–water partition coefficient (Wildman–Crippen LogP) is 6.32. The number of nitriles is 1. The van der Waals surface area contributed by atoms with Crippen molar-refractivity contribution in [3.05, 3.63) is 46.1 Å². The molecule has 0 unspecified atom stereocenters. The molecule has 0 aliphatic rings. The van der Waals surface area contributed by atoms with E-state index in [1.165, 1.54) is 12.1 Å². The highest BCUT2D eigenvalue weighted by atomic mass is 35.5. The number of amides is 2. The molecule has 0 aliphatic heterocycles. The zero-order valence-electron chi connectivity index (χ0n) is 22.8. The molecule has 0 bridgehead atoms. The van der Waals surface area contributed by atoms with Crippen molar-refractivity contribution < 1.29 is 23.8 Å². The molecule has 3 aromatic rings. The Morgan fingerprint density at radius 2 is 1.88 bits per heavy atom. The molecule has 2 amide bonds. The number of carbonyl (C=O) groups excluding carboxylic acids is 2. The maximum Gasteiger partial charge on any atom is 0.414 e. The number of imide groups is 1. The zero-order chi connectivity index (χ0) is 29.4. The van der Waals surface area contributed by atoms with Gasteiger partial charge in [-0.05, 0) is 50.2 Å². The number of benzene rings is 2. The summed E-state index contributed by atoms with van der Waals surface area (Å²) in [5.74, 6) is -0.324. The van der Waals surface area contributed by atoms with Gasteiger partial charge in [0.05, 0.1) is 33.6 Å². The van der Waals surface area contributed by atoms with E-state index in [4.69, 9.17) is 32.7 Å². The Kier molecular flexibility index (Phi) is 10.5. The SMILES string of the molecule is CCOC(=O)NC(=O)/C(C#N)=N/Nc1cc(Cl)c(Oc2ccc3c(c2)c(C)nn3COCC[Si](C)(C)C)c(Cl)c1. The number of nitrogens with one attached hydrogen (secondary N) is 2. The number of hydrogen-bond donors (Lipinski definition) is 2. The van der Waals surface area contributed by atoms with Crippen LogP contribution >= 0.6 is 23.2 Å². The topological polar surface area (TPSA) is 140 Å². The molecule has 0 saturated heterocycles. The molecule has 2 N–H and O–H groups in total. The second-order valence-corrected chi connectivity index (χ2v) is 16.3. The Morgan fingerprint density at radius 1 is 1.18 bits per heavy atom. The lowest BCUT2D eigenvalue weighted by Crippen LogP contribution is -2.36. The highest BCUT2D eigenvalue weighted by Crippen LogP contribution is 2.39. The minimum atomic E-state index is -1.17. The minimum absolute atomic E-state index is 0.0623. The van der Waals surface area contributed by atoms with Crippen LogP contribution in [0.1, 0.15) is 12.6 Å². The summed E-state index contributed by atoms with van der Waals surface area (Å²) >= 11 is 12.8. The van der Waals surface area contributed by atoms with E-state index in [-0.39, 0.29) is 28.1 Å². The highest BCUT2D eigenvalue weighted by molar-refractivity contribution is 6.76. The summed E-state index contributed by atoms with van der Waals surface area (Å²) in [4.78, 5) is 23.4. The molecular weight excluding hydrogens is 575 g/mol. The summed E-state index contributed by atoms with van der Waals surface area (Å²) in [5.41, 5.74) is 3.93. The summed E-state index contributed by atoms with van der Waals surface area (Å²) in [6.45, 7) is 11.5. The summed E-state index contributed by atoms with van der Waals surface area (Å²) in [7, 11) is -1.17. The third kappa shape index (κ3) is 8.43. The second kappa shape index (κ2) is 13.6. The molecule has 0 saturated carbocycles. The first-order chi connectivity index (χ1) is 18.9. The molecule has 1 heterocycles. The Morgan fingerprint density at radius 3 is 2.50 bits per heavy atom. The number of anilines is 1. The first-order valence-corrected chi connectivity index (χ1v) is 16.8. The van der Waals surface area contributed by atoms with Crippen LogP contribution in [-0.4, -0.2) is 48.8 Å². The molecule has 0 atom stereocenters. The van der Waals surface area contributed by atoms with Crippen molar-refractivity contribution in [1.82, 2.24) is 15.1 Å². The average Bonchev–Trinajstić information content (AvgIpc) is 3.18. The van der Waals surface area contributed by atoms with Gasteiger partial charge in [0.15, 0.2) is 5.75 Å². The van der Waals surface area contributed by atoms with Gasteiger partial charge in [-0.1, -0.05) is 42.8 Å². The first kappa shape index (κ1) is 30.9. The molecule has 2 aromatic carbocycles. The van der Waals surface area contributed by atoms with E-state index in [1.807, 2.05) is 29.1 Å². The lowest BCUT2D eigenvalue weighted by Gasteiger charge is -2.15. The fourth-order valence-electron chi connectivity index (χ4n) is 3.42. The molecule has 11 nitrogen and oxygen atoms in total. The van der Waals surface area contributed by atoms with Crippen molar-refractivity contribution >= 4 is 65.6 Å². The number of aromatic nitrogens is 2. The highest BCUT2D eigenvalue weighted by Gasteiger charge is 2.17. The zero-order valence-corrected chi connectivity index (χ0v) is 25.3. The number of aryl methyl sites for hydroxylation is 1. The Hall–Kier alpha value is -3.63. The van der Waals surface area contributed by atoms with Gasteiger partial charge in [0, 0.05) is 20.1 Å². The van der Waals surface area contributed by atoms with Crippen molar-refractivity contribution in [2.24, 2.45) is 5.10 Å². The molecule has 0 radical (unpaired) electrons. The average molecular weight is 606 g/mol. The molecule has 0 aliphatic carbocycles. The number of halogens is 2. The first-order valence-electron chi connectivity index (χ1n) is 12.4. The van der Waals surface area contributed by atoms with Crippen LogP contribution in [0.3, 0.4) is 0 Å². The lowest BCUT2D eigenvalue weighted by molar-refractivity contribution is -0.114. The van der Waals surface area contributed by atoms with E-state index in [2.05, 4.69) is 40.0 Å². The molecule has 212 valence electrons. The number of fused-ring (bicyclic) bond motifs is 1. The maximum atomic E-state index is 12.0. The van der Waals surface area contributed by atoms with Gasteiger partial charge in [-0.2, -0.15) is 15.5 Å². The Balaban J connectivity index is 1.72. The van der Waals surface area contributed by atoms with Crippen LogP contribution < -0.4 is 15.5 Å². The number of ether oxygens (including phenoxy) is 3. The van der Waals surface area contributed by atoms with E-state index >= 15 is 0 Å². The Bertz CT molecular complexity index is 1460. The quantitative estimate of drug-likeness (QED) is 0.112. The fraction of sp³-hybridized carbons (Fsp3) is 0.346. The summed E-state index contributed by atoms with van der Waals surface area (Å²) in [5, 5.41) is 20.6. The number of hydrazone groups is 1. The van der Waals surface area contributed by atoms with Crippen LogP contribution in [0.4, 0.5) is 10.5 Å². The maximum absolute atomic E-state index is 12.0. The van der Waals surface area contributed by atoms with E-state index < -0.39 is 25.8 Å². The van der Waals surface area contributed by atoms with Crippen LogP contribution in [0.25, 0.3) is 10.9 Å². The van der Waals surface area contributed by atoms with Gasteiger partial charge in [0.2, 0.25) is 5.71 Å². The van der Waals surface area contributed by atoms with Gasteiger partial charge >= 0.3 is 6.09 Å². The van der Waals surface area contributed by atoms with E-state index in [1.54, 1.807) is 19.1 Å². The van der Waals surface area contributed by atoms with Crippen molar-refractivity contribution in [3.8, 4) is 17.6 Å². The monoisotopic (exact) mass is 604 g/mol. The number of hydrogen-bond acceptors (Lipinski definition) is 9. The molecule has 40 heavy (non-hydrogen) atoms. The number of alkyl carbamates (subject to hydrolysis) is 1. The van der Waals surface area contributed by atoms with E-state index in [0.717, 1.165) is 22.6 Å². The van der Waals surface area contributed by atoms with Gasteiger partial charge in [0.1, 0.15) is 18.5 Å². The second-order valence-electron chi connectivity index (χ2n) is 9.84. The minimum Gasteiger partial charge on any atom is -0.454 e. The molecular formula is C26H30Cl2N6O5Si. The standard InChI is InChI=1S/C26H30Cl2N6O5Si/c1-6-38-26(36)30-25(35)22(14-29)32-31-17-11-20(27)24(21(28)12-17)39-18-7-8-23-19(13-18)16(2)33-34(23)15-37-9-10-40(3,4)5/h7-8,11-13,31H,6,9-10,15H2,1-5H3,(H,30,35,36)/b32-22+. The van der Waals surface area contributed by atoms with Crippen molar-refractivity contribution in [1.29, 1.82) is 5.26 Å². The van der Waals surface area contributed by atoms with Gasteiger partial charge in [0.25, 0.3) is 5.91 Å². The lowest BCUT2D eigenvalue weighted by atomic mass is 10.2. The molecule has 0 spiro atoms.